The zero-order valence-corrected chi connectivity index (χ0v) is 10.5. The van der Waals surface area contributed by atoms with Crippen LogP contribution in [0.2, 0.25) is 5.15 Å². The number of aromatic amines is 1. The molecule has 80 valence electrons. The Hall–Kier alpha value is -0.510. The minimum absolute atomic E-state index is 0.691. The van der Waals surface area contributed by atoms with Crippen LogP contribution in [0.4, 0.5) is 0 Å². The molecule has 2 nitrogen and oxygen atoms in total. The van der Waals surface area contributed by atoms with Gasteiger partial charge in [-0.15, -0.1) is 0 Å². The summed E-state index contributed by atoms with van der Waals surface area (Å²) in [5, 5.41) is 1.92. The van der Waals surface area contributed by atoms with E-state index in [1.165, 1.54) is 10.9 Å². The van der Waals surface area contributed by atoms with E-state index in [9.17, 15) is 0 Å². The van der Waals surface area contributed by atoms with Gasteiger partial charge in [0.1, 0.15) is 5.15 Å². The number of rotatable bonds is 3. The van der Waals surface area contributed by atoms with E-state index in [0.29, 0.717) is 6.54 Å². The lowest BCUT2D eigenvalue weighted by molar-refractivity contribution is 0.837. The summed E-state index contributed by atoms with van der Waals surface area (Å²) in [6.07, 6.45) is 1.88. The fourth-order valence-electron chi connectivity index (χ4n) is 1.71. The van der Waals surface area contributed by atoms with Crippen LogP contribution in [-0.4, -0.2) is 11.5 Å². The van der Waals surface area contributed by atoms with Crippen molar-refractivity contribution >= 4 is 38.4 Å². The summed E-state index contributed by atoms with van der Waals surface area (Å²) >= 11 is 9.61. The number of benzene rings is 1. The van der Waals surface area contributed by atoms with Gasteiger partial charge in [0.2, 0.25) is 0 Å². The molecule has 0 bridgehead atoms. The average Bonchev–Trinajstić information content (AvgIpc) is 2.51. The highest BCUT2D eigenvalue weighted by molar-refractivity contribution is 9.10. The molecule has 4 heteroatoms. The maximum absolute atomic E-state index is 6.14. The molecule has 0 atom stereocenters. The van der Waals surface area contributed by atoms with Crippen molar-refractivity contribution in [2.75, 3.05) is 6.54 Å². The third kappa shape index (κ3) is 2.19. The van der Waals surface area contributed by atoms with Crippen LogP contribution in [0.3, 0.4) is 0 Å². The first kappa shape index (κ1) is 11.0. The lowest BCUT2D eigenvalue weighted by Crippen LogP contribution is -2.00. The first-order valence-electron chi connectivity index (χ1n) is 4.88. The van der Waals surface area contributed by atoms with Gasteiger partial charge in [-0.3, -0.25) is 0 Å². The first-order valence-corrected chi connectivity index (χ1v) is 6.05. The predicted molar refractivity (Wildman–Crippen MR) is 68.4 cm³/mol. The van der Waals surface area contributed by atoms with E-state index in [1.807, 2.05) is 12.1 Å². The van der Waals surface area contributed by atoms with Crippen molar-refractivity contribution in [3.8, 4) is 0 Å². The van der Waals surface area contributed by atoms with Gasteiger partial charge in [-0.2, -0.15) is 0 Å². The van der Waals surface area contributed by atoms with Crippen LogP contribution in [0.5, 0.6) is 0 Å². The Kier molecular flexibility index (Phi) is 3.34. The van der Waals surface area contributed by atoms with E-state index >= 15 is 0 Å². The molecule has 0 aliphatic carbocycles. The third-order valence-corrected chi connectivity index (χ3v) is 3.26. The monoisotopic (exact) mass is 286 g/mol. The van der Waals surface area contributed by atoms with E-state index in [2.05, 4.69) is 27.0 Å². The highest BCUT2D eigenvalue weighted by atomic mass is 79.9. The summed E-state index contributed by atoms with van der Waals surface area (Å²) < 4.78 is 1.07. The molecule has 2 rings (SSSR count). The van der Waals surface area contributed by atoms with Crippen LogP contribution in [0, 0.1) is 0 Å². The van der Waals surface area contributed by atoms with Crippen LogP contribution >= 0.6 is 27.5 Å². The molecule has 15 heavy (non-hydrogen) atoms. The molecule has 3 N–H and O–H groups in total. The summed E-state index contributed by atoms with van der Waals surface area (Å²) in [6, 6.07) is 6.11. The fraction of sp³-hybridized carbons (Fsp3) is 0.273. The number of nitrogens with one attached hydrogen (secondary N) is 1. The fourth-order valence-corrected chi connectivity index (χ4v) is 2.37. The van der Waals surface area contributed by atoms with Crippen LogP contribution in [0.1, 0.15) is 12.0 Å². The second-order valence-corrected chi connectivity index (χ2v) is 4.79. The molecule has 0 radical (unpaired) electrons. The number of H-pyrrole nitrogens is 1. The molecule has 1 aromatic carbocycles. The van der Waals surface area contributed by atoms with Crippen molar-refractivity contribution in [2.45, 2.75) is 12.8 Å². The van der Waals surface area contributed by atoms with Crippen LogP contribution in [0.15, 0.2) is 22.7 Å². The zero-order valence-electron chi connectivity index (χ0n) is 8.19. The molecule has 0 aliphatic heterocycles. The highest BCUT2D eigenvalue weighted by Crippen LogP contribution is 2.29. The maximum Gasteiger partial charge on any atom is 0.110 e. The van der Waals surface area contributed by atoms with Crippen molar-refractivity contribution in [3.63, 3.8) is 0 Å². The summed E-state index contributed by atoms with van der Waals surface area (Å²) in [4.78, 5) is 3.17. The van der Waals surface area contributed by atoms with Crippen molar-refractivity contribution in [1.82, 2.24) is 4.98 Å². The predicted octanol–water partition coefficient (Wildman–Crippen LogP) is 3.48. The molecule has 0 aliphatic rings. The third-order valence-electron chi connectivity index (χ3n) is 2.45. The van der Waals surface area contributed by atoms with Gasteiger partial charge < -0.3 is 10.7 Å². The number of halogens is 2. The summed E-state index contributed by atoms with van der Waals surface area (Å²) in [6.45, 7) is 0.691. The summed E-state index contributed by atoms with van der Waals surface area (Å²) in [7, 11) is 0. The Morgan fingerprint density at radius 1 is 1.40 bits per heavy atom. The number of hydrogen-bond acceptors (Lipinski definition) is 1. The lowest BCUT2D eigenvalue weighted by atomic mass is 10.1. The summed E-state index contributed by atoms with van der Waals surface area (Å²) in [5.41, 5.74) is 7.75. The Morgan fingerprint density at radius 2 is 2.20 bits per heavy atom. The van der Waals surface area contributed by atoms with Crippen molar-refractivity contribution in [1.29, 1.82) is 0 Å². The normalized spacial score (nSPS) is 11.1. The number of aryl methyl sites for hydroxylation is 1. The largest absolute Gasteiger partial charge is 0.345 e. The van der Waals surface area contributed by atoms with Crippen LogP contribution in [-0.2, 0) is 6.42 Å². The maximum atomic E-state index is 6.14. The molecule has 1 heterocycles. The Labute approximate surface area is 102 Å². The van der Waals surface area contributed by atoms with Gasteiger partial charge in [-0.25, -0.2) is 0 Å². The Morgan fingerprint density at radius 3 is 2.93 bits per heavy atom. The van der Waals surface area contributed by atoms with E-state index < -0.39 is 0 Å². The van der Waals surface area contributed by atoms with E-state index in [4.69, 9.17) is 17.3 Å². The zero-order chi connectivity index (χ0) is 10.8. The molecular formula is C11H12BrClN2. The lowest BCUT2D eigenvalue weighted by Gasteiger charge is -1.98. The molecule has 0 fully saturated rings. The van der Waals surface area contributed by atoms with Crippen molar-refractivity contribution in [3.05, 3.63) is 33.4 Å². The second-order valence-electron chi connectivity index (χ2n) is 3.50. The molecule has 0 saturated carbocycles. The minimum Gasteiger partial charge on any atom is -0.345 e. The van der Waals surface area contributed by atoms with E-state index in [1.54, 1.807) is 0 Å². The van der Waals surface area contributed by atoms with Crippen LogP contribution in [0.25, 0.3) is 10.9 Å². The minimum atomic E-state index is 0.691. The van der Waals surface area contributed by atoms with Gasteiger partial charge in [-0.05, 0) is 43.1 Å². The van der Waals surface area contributed by atoms with Gasteiger partial charge in [0.15, 0.2) is 0 Å². The molecule has 1 aromatic heterocycles. The topological polar surface area (TPSA) is 41.8 Å². The smallest absolute Gasteiger partial charge is 0.110 e. The van der Waals surface area contributed by atoms with Gasteiger partial charge >= 0.3 is 0 Å². The average molecular weight is 288 g/mol. The first-order chi connectivity index (χ1) is 7.22. The number of nitrogens with two attached hydrogens (primary N) is 1. The summed E-state index contributed by atoms with van der Waals surface area (Å²) in [5.74, 6) is 0. The molecule has 0 spiro atoms. The van der Waals surface area contributed by atoms with Gasteiger partial charge in [0.05, 0.1) is 0 Å². The van der Waals surface area contributed by atoms with Gasteiger partial charge in [0.25, 0.3) is 0 Å². The molecule has 0 amide bonds. The van der Waals surface area contributed by atoms with Crippen molar-refractivity contribution < 1.29 is 0 Å². The Bertz CT molecular complexity index is 479. The number of fused-ring (bicyclic) bond motifs is 1. The Balaban J connectivity index is 2.50. The molecule has 0 unspecified atom stereocenters. The van der Waals surface area contributed by atoms with Gasteiger partial charge in [0, 0.05) is 15.4 Å². The second kappa shape index (κ2) is 4.56. The number of aromatic nitrogens is 1. The van der Waals surface area contributed by atoms with Crippen LogP contribution < -0.4 is 5.73 Å². The number of hydrogen-bond donors (Lipinski definition) is 2. The van der Waals surface area contributed by atoms with E-state index in [-0.39, 0.29) is 0 Å². The molecule has 2 aromatic rings. The molecule has 0 saturated heterocycles. The highest BCUT2D eigenvalue weighted by Gasteiger charge is 2.09. The quantitative estimate of drug-likeness (QED) is 0.892. The van der Waals surface area contributed by atoms with Crippen molar-refractivity contribution in [2.24, 2.45) is 5.73 Å². The van der Waals surface area contributed by atoms with Gasteiger partial charge in [-0.1, -0.05) is 27.5 Å². The molecular weight excluding hydrogens is 275 g/mol. The van der Waals surface area contributed by atoms with E-state index in [0.717, 1.165) is 28.0 Å². The standard InChI is InChI=1S/C11H12BrClN2/c12-7-3-4-10-9(6-7)8(2-1-5-14)11(13)15-10/h3-4,6,15H,1-2,5,14H2. The SMILES string of the molecule is NCCCc1c(Cl)[nH]c2ccc(Br)cc12.